The largest absolute Gasteiger partial charge is 0.392 e. The molecule has 0 aromatic rings. The van der Waals surface area contributed by atoms with Crippen molar-refractivity contribution in [2.24, 2.45) is 11.8 Å². The number of aliphatic hydroxyl groups is 1. The Balaban J connectivity index is 2.09. The molecule has 1 heterocycles. The van der Waals surface area contributed by atoms with E-state index < -0.39 is 0 Å². The van der Waals surface area contributed by atoms with Gasteiger partial charge in [0.1, 0.15) is 0 Å². The lowest BCUT2D eigenvalue weighted by Crippen LogP contribution is -2.42. The Morgan fingerprint density at radius 3 is 2.20 bits per heavy atom. The Hall–Kier alpha value is -0.0800. The van der Waals surface area contributed by atoms with Crippen molar-refractivity contribution in [2.45, 2.75) is 18.9 Å². The zero-order chi connectivity index (χ0) is 7.14. The molecule has 1 saturated heterocycles. The Labute approximate surface area is 61.8 Å². The summed E-state index contributed by atoms with van der Waals surface area (Å²) in [6.07, 6.45) is 2.52. The molecule has 1 N–H and O–H groups in total. The average molecular weight is 141 g/mol. The number of hydrogen-bond acceptors (Lipinski definition) is 2. The second-order valence-electron chi connectivity index (χ2n) is 3.81. The second kappa shape index (κ2) is 2.21. The number of aliphatic hydroxyl groups excluding tert-OH is 1. The highest BCUT2D eigenvalue weighted by Gasteiger charge is 2.39. The van der Waals surface area contributed by atoms with Gasteiger partial charge < -0.3 is 10.0 Å². The van der Waals surface area contributed by atoms with E-state index >= 15 is 0 Å². The molecule has 2 heteroatoms. The predicted octanol–water partition coefficient (Wildman–Crippen LogP) is 0.319. The van der Waals surface area contributed by atoms with Crippen LogP contribution in [0.2, 0.25) is 0 Å². The molecule has 58 valence electrons. The van der Waals surface area contributed by atoms with Crippen molar-refractivity contribution in [1.82, 2.24) is 4.90 Å². The van der Waals surface area contributed by atoms with Crippen molar-refractivity contribution < 1.29 is 5.11 Å². The lowest BCUT2D eigenvalue weighted by atomic mass is 9.96. The summed E-state index contributed by atoms with van der Waals surface area (Å²) in [6.45, 7) is 2.22. The highest BCUT2D eigenvalue weighted by atomic mass is 16.3. The van der Waals surface area contributed by atoms with E-state index in [4.69, 9.17) is 0 Å². The molecule has 2 unspecified atom stereocenters. The zero-order valence-electron chi connectivity index (χ0n) is 6.45. The molecule has 2 rings (SSSR count). The van der Waals surface area contributed by atoms with Crippen LogP contribution in [0.1, 0.15) is 12.8 Å². The molecule has 1 saturated carbocycles. The zero-order valence-corrected chi connectivity index (χ0v) is 6.45. The summed E-state index contributed by atoms with van der Waals surface area (Å²) in [5.74, 6) is 1.17. The molecule has 0 radical (unpaired) electrons. The number of hydrogen-bond donors (Lipinski definition) is 1. The minimum Gasteiger partial charge on any atom is -0.392 e. The van der Waals surface area contributed by atoms with Crippen LogP contribution in [0.4, 0.5) is 0 Å². The summed E-state index contributed by atoms with van der Waals surface area (Å²) in [7, 11) is 2.15. The van der Waals surface area contributed by atoms with Gasteiger partial charge in [0.05, 0.1) is 6.10 Å². The Morgan fingerprint density at radius 1 is 1.20 bits per heavy atom. The number of likely N-dealkylation sites (tertiary alicyclic amines) is 1. The molecular weight excluding hydrogens is 126 g/mol. The number of nitrogens with zero attached hydrogens (tertiary/aromatic N) is 1. The van der Waals surface area contributed by atoms with Crippen LogP contribution < -0.4 is 0 Å². The first kappa shape index (κ1) is 6.62. The van der Waals surface area contributed by atoms with Gasteiger partial charge in [0.2, 0.25) is 0 Å². The molecule has 2 nitrogen and oxygen atoms in total. The first-order chi connectivity index (χ1) is 4.77. The Kier molecular flexibility index (Phi) is 1.46. The topological polar surface area (TPSA) is 23.5 Å². The van der Waals surface area contributed by atoms with E-state index in [0.29, 0.717) is 11.8 Å². The number of piperidine rings is 1. The van der Waals surface area contributed by atoms with E-state index in [1.54, 1.807) is 0 Å². The SMILES string of the molecule is CN1CC2CC[C@H](C1)C2O. The molecule has 0 aromatic carbocycles. The van der Waals surface area contributed by atoms with Gasteiger partial charge in [-0.1, -0.05) is 0 Å². The number of rotatable bonds is 0. The van der Waals surface area contributed by atoms with Crippen molar-refractivity contribution in [1.29, 1.82) is 0 Å². The third-order valence-electron chi connectivity index (χ3n) is 2.97. The minimum atomic E-state index is 0.0243. The summed E-state index contributed by atoms with van der Waals surface area (Å²) in [5.41, 5.74) is 0. The molecule has 3 atom stereocenters. The van der Waals surface area contributed by atoms with Crippen LogP contribution in [0.25, 0.3) is 0 Å². The van der Waals surface area contributed by atoms with Crippen molar-refractivity contribution in [3.8, 4) is 0 Å². The predicted molar refractivity (Wildman–Crippen MR) is 39.7 cm³/mol. The van der Waals surface area contributed by atoms with E-state index in [1.165, 1.54) is 12.8 Å². The summed E-state index contributed by atoms with van der Waals surface area (Å²) >= 11 is 0. The van der Waals surface area contributed by atoms with E-state index in [9.17, 15) is 5.11 Å². The third-order valence-corrected chi connectivity index (χ3v) is 2.97. The van der Waals surface area contributed by atoms with Crippen LogP contribution in [0.15, 0.2) is 0 Å². The average Bonchev–Trinajstić information content (AvgIpc) is 2.20. The van der Waals surface area contributed by atoms with Gasteiger partial charge in [0, 0.05) is 13.1 Å². The van der Waals surface area contributed by atoms with Gasteiger partial charge in [-0.25, -0.2) is 0 Å². The summed E-state index contributed by atoms with van der Waals surface area (Å²) in [6, 6.07) is 0. The maximum atomic E-state index is 9.60. The molecule has 0 spiro atoms. The smallest absolute Gasteiger partial charge is 0.0620 e. The van der Waals surface area contributed by atoms with Crippen LogP contribution in [0.5, 0.6) is 0 Å². The monoisotopic (exact) mass is 141 g/mol. The third kappa shape index (κ3) is 0.867. The normalized spacial score (nSPS) is 48.0. The highest BCUT2D eigenvalue weighted by Crippen LogP contribution is 2.35. The second-order valence-corrected chi connectivity index (χ2v) is 3.81. The van der Waals surface area contributed by atoms with Crippen molar-refractivity contribution in [3.05, 3.63) is 0 Å². The molecule has 10 heavy (non-hydrogen) atoms. The molecule has 0 amide bonds. The molecule has 1 aliphatic heterocycles. The Morgan fingerprint density at radius 2 is 1.70 bits per heavy atom. The molecular formula is C8H15NO. The van der Waals surface area contributed by atoms with E-state index in [-0.39, 0.29) is 6.10 Å². The summed E-state index contributed by atoms with van der Waals surface area (Å²) in [4.78, 5) is 2.34. The van der Waals surface area contributed by atoms with Gasteiger partial charge in [-0.2, -0.15) is 0 Å². The molecule has 2 aliphatic rings. The van der Waals surface area contributed by atoms with Gasteiger partial charge in [-0.3, -0.25) is 0 Å². The number of fused-ring (bicyclic) bond motifs is 2. The lowest BCUT2D eigenvalue weighted by molar-refractivity contribution is 0.0265. The van der Waals surface area contributed by atoms with Gasteiger partial charge in [0.25, 0.3) is 0 Å². The van der Waals surface area contributed by atoms with Crippen molar-refractivity contribution in [3.63, 3.8) is 0 Å². The fourth-order valence-electron chi connectivity index (χ4n) is 2.43. The van der Waals surface area contributed by atoms with E-state index in [0.717, 1.165) is 13.1 Å². The first-order valence-corrected chi connectivity index (χ1v) is 4.14. The molecule has 2 fully saturated rings. The fourth-order valence-corrected chi connectivity index (χ4v) is 2.43. The maximum Gasteiger partial charge on any atom is 0.0620 e. The van der Waals surface area contributed by atoms with Crippen molar-refractivity contribution in [2.75, 3.05) is 20.1 Å². The van der Waals surface area contributed by atoms with Gasteiger partial charge >= 0.3 is 0 Å². The van der Waals surface area contributed by atoms with Crippen LogP contribution >= 0.6 is 0 Å². The maximum absolute atomic E-state index is 9.60. The lowest BCUT2D eigenvalue weighted by Gasteiger charge is -2.32. The van der Waals surface area contributed by atoms with Gasteiger partial charge in [0.15, 0.2) is 0 Å². The fraction of sp³-hybridized carbons (Fsp3) is 1.00. The van der Waals surface area contributed by atoms with Crippen molar-refractivity contribution >= 4 is 0 Å². The molecule has 0 aromatic heterocycles. The molecule has 2 bridgehead atoms. The van der Waals surface area contributed by atoms with Crippen LogP contribution in [-0.4, -0.2) is 36.2 Å². The first-order valence-electron chi connectivity index (χ1n) is 4.14. The minimum absolute atomic E-state index is 0.0243. The van der Waals surface area contributed by atoms with Crippen LogP contribution in [0, 0.1) is 11.8 Å². The van der Waals surface area contributed by atoms with Crippen LogP contribution in [-0.2, 0) is 0 Å². The standard InChI is InChI=1S/C8H15NO/c1-9-4-6-2-3-7(5-9)8(6)10/h6-8,10H,2-5H2,1H3/t6-,7?,8?/m1/s1. The van der Waals surface area contributed by atoms with E-state index in [1.807, 2.05) is 0 Å². The van der Waals surface area contributed by atoms with Gasteiger partial charge in [-0.15, -0.1) is 0 Å². The molecule has 1 aliphatic carbocycles. The highest BCUT2D eigenvalue weighted by molar-refractivity contribution is 4.91. The van der Waals surface area contributed by atoms with E-state index in [2.05, 4.69) is 11.9 Å². The Bertz CT molecular complexity index is 123. The van der Waals surface area contributed by atoms with Crippen LogP contribution in [0.3, 0.4) is 0 Å². The quantitative estimate of drug-likeness (QED) is 0.525. The summed E-state index contributed by atoms with van der Waals surface area (Å²) < 4.78 is 0. The summed E-state index contributed by atoms with van der Waals surface area (Å²) in [5, 5.41) is 9.60. The van der Waals surface area contributed by atoms with Gasteiger partial charge in [-0.05, 0) is 31.7 Å².